The smallest absolute Gasteiger partial charge is 0.269 e. The maximum absolute atomic E-state index is 13.2. The number of hydrogen-bond acceptors (Lipinski definition) is 5. The van der Waals surface area contributed by atoms with Crippen molar-refractivity contribution in [3.63, 3.8) is 0 Å². The summed E-state index contributed by atoms with van der Waals surface area (Å²) in [4.78, 5) is 13.9. The summed E-state index contributed by atoms with van der Waals surface area (Å²) in [5, 5.41) is 22.0. The summed E-state index contributed by atoms with van der Waals surface area (Å²) in [5.74, 6) is -2.46. The number of nitrogens with one attached hydrogen (secondary N) is 3. The summed E-state index contributed by atoms with van der Waals surface area (Å²) in [7, 11) is 0. The van der Waals surface area contributed by atoms with Crippen LogP contribution in [0.1, 0.15) is 0 Å². The molecule has 1 heterocycles. The van der Waals surface area contributed by atoms with Crippen LogP contribution in [0.3, 0.4) is 0 Å². The highest BCUT2D eigenvalue weighted by Crippen LogP contribution is 2.20. The molecular weight excluding hydrogens is 342 g/mol. The molecule has 1 unspecified atom stereocenters. The van der Waals surface area contributed by atoms with Crippen LogP contribution in [-0.4, -0.2) is 54.4 Å². The van der Waals surface area contributed by atoms with Gasteiger partial charge in [-0.05, 0) is 12.1 Å². The lowest BCUT2D eigenvalue weighted by Crippen LogP contribution is -2.52. The Morgan fingerprint density at radius 3 is 2.71 bits per heavy atom. The van der Waals surface area contributed by atoms with Gasteiger partial charge in [-0.15, -0.1) is 0 Å². The Morgan fingerprint density at radius 2 is 2.12 bits per heavy atom. The zero-order chi connectivity index (χ0) is 17.7. The van der Waals surface area contributed by atoms with Crippen LogP contribution in [0.25, 0.3) is 0 Å². The van der Waals surface area contributed by atoms with E-state index >= 15 is 0 Å². The molecule has 0 radical (unpaired) electrons. The van der Waals surface area contributed by atoms with Crippen LogP contribution in [-0.2, 0) is 4.79 Å². The van der Waals surface area contributed by atoms with Crippen molar-refractivity contribution in [3.8, 4) is 0 Å². The van der Waals surface area contributed by atoms with Crippen molar-refractivity contribution in [3.05, 3.63) is 40.6 Å². The third-order valence-electron chi connectivity index (χ3n) is 3.55. The molecule has 1 atom stereocenters. The first-order valence-corrected chi connectivity index (χ1v) is 7.60. The molecule has 1 aromatic carbocycles. The minimum atomic E-state index is -0.833. The second-order valence-electron chi connectivity index (χ2n) is 5.19. The van der Waals surface area contributed by atoms with Crippen molar-refractivity contribution in [1.82, 2.24) is 10.2 Å². The molecule has 0 aromatic heterocycles. The van der Waals surface area contributed by atoms with Crippen molar-refractivity contribution >= 4 is 29.4 Å². The molecule has 1 aliphatic rings. The predicted octanol–water partition coefficient (Wildman–Crippen LogP) is 1.27. The molecule has 0 saturated carbocycles. The number of allylic oxidation sites excluding steroid dienone is 1. The fourth-order valence-corrected chi connectivity index (χ4v) is 2.65. The van der Waals surface area contributed by atoms with Gasteiger partial charge >= 0.3 is 0 Å². The number of piperazine rings is 1. The van der Waals surface area contributed by atoms with Gasteiger partial charge in [0.15, 0.2) is 0 Å². The average Bonchev–Trinajstić information content (AvgIpc) is 2.54. The number of carbonyl (C=O) groups is 1. The van der Waals surface area contributed by atoms with Crippen molar-refractivity contribution in [2.24, 2.45) is 0 Å². The molecule has 0 bridgehead atoms. The van der Waals surface area contributed by atoms with Crippen LogP contribution in [0.5, 0.6) is 0 Å². The van der Waals surface area contributed by atoms with Gasteiger partial charge in [0.25, 0.3) is 5.91 Å². The molecule has 0 aliphatic carbocycles. The molecule has 1 fully saturated rings. The zero-order valence-electron chi connectivity index (χ0n) is 12.7. The summed E-state index contributed by atoms with van der Waals surface area (Å²) in [6, 6.07) is 2.26. The lowest BCUT2D eigenvalue weighted by molar-refractivity contribution is -0.112. The normalized spacial score (nSPS) is 18.8. The molecule has 24 heavy (non-hydrogen) atoms. The first kappa shape index (κ1) is 18.3. The van der Waals surface area contributed by atoms with Crippen LogP contribution < -0.4 is 10.6 Å². The Bertz CT molecular complexity index is 649. The van der Waals surface area contributed by atoms with Gasteiger partial charge in [0.2, 0.25) is 0 Å². The Labute approximate surface area is 142 Å². The van der Waals surface area contributed by atoms with Gasteiger partial charge in [-0.2, -0.15) is 0 Å². The fraction of sp³-hybridized carbons (Fsp3) is 0.333. The Balaban J connectivity index is 2.24. The molecule has 1 amide bonds. The van der Waals surface area contributed by atoms with E-state index in [0.717, 1.165) is 18.3 Å². The van der Waals surface area contributed by atoms with Gasteiger partial charge in [0.05, 0.1) is 18.3 Å². The lowest BCUT2D eigenvalue weighted by Gasteiger charge is -2.37. The highest BCUT2D eigenvalue weighted by Gasteiger charge is 2.26. The van der Waals surface area contributed by atoms with Gasteiger partial charge < -0.3 is 26.0 Å². The van der Waals surface area contributed by atoms with Gasteiger partial charge in [0, 0.05) is 37.6 Å². The van der Waals surface area contributed by atoms with Crippen LogP contribution >= 0.6 is 11.6 Å². The maximum Gasteiger partial charge on any atom is 0.269 e. The van der Waals surface area contributed by atoms with E-state index in [4.69, 9.17) is 17.0 Å². The molecule has 6 nitrogen and oxygen atoms in total. The number of hydrogen-bond donors (Lipinski definition) is 4. The van der Waals surface area contributed by atoms with E-state index in [1.54, 1.807) is 4.90 Å². The third kappa shape index (κ3) is 4.28. The first-order chi connectivity index (χ1) is 11.5. The lowest BCUT2D eigenvalue weighted by atomic mass is 10.1. The summed E-state index contributed by atoms with van der Waals surface area (Å²) in [6.45, 7) is 1.36. The van der Waals surface area contributed by atoms with E-state index in [9.17, 15) is 18.7 Å². The standard InChI is InChI=1S/C15H17ClF2N4O2/c16-14(13(6-19)22-2-1-20-7-12(22)8-23)15(24)21-11-4-9(17)3-10(18)5-11/h3-6,12,19-20,23H,1-2,7-8H2,(H,21,24)/b14-13-,19-6?. The Hall–Kier alpha value is -2.03. The van der Waals surface area contributed by atoms with E-state index in [0.29, 0.717) is 25.7 Å². The third-order valence-corrected chi connectivity index (χ3v) is 3.92. The van der Waals surface area contributed by atoms with E-state index in [1.807, 2.05) is 0 Å². The number of aliphatic hydroxyl groups excluding tert-OH is 1. The second-order valence-corrected chi connectivity index (χ2v) is 5.57. The van der Waals surface area contributed by atoms with Crippen molar-refractivity contribution in [1.29, 1.82) is 5.41 Å². The monoisotopic (exact) mass is 358 g/mol. The fourth-order valence-electron chi connectivity index (χ4n) is 2.44. The summed E-state index contributed by atoms with van der Waals surface area (Å²) >= 11 is 6.07. The van der Waals surface area contributed by atoms with E-state index in [2.05, 4.69) is 10.6 Å². The SMILES string of the molecule is N=C/C(=C(/Cl)C(=O)Nc1cc(F)cc(F)c1)N1CCNCC1CO. The number of halogens is 3. The molecule has 4 N–H and O–H groups in total. The van der Waals surface area contributed by atoms with Crippen LogP contribution in [0.4, 0.5) is 14.5 Å². The topological polar surface area (TPSA) is 88.5 Å². The van der Waals surface area contributed by atoms with Crippen molar-refractivity contribution in [2.45, 2.75) is 6.04 Å². The molecular formula is C15H17ClF2N4O2. The predicted molar refractivity (Wildman–Crippen MR) is 87.1 cm³/mol. The quantitative estimate of drug-likeness (QED) is 0.471. The van der Waals surface area contributed by atoms with Gasteiger partial charge in [-0.1, -0.05) is 11.6 Å². The summed E-state index contributed by atoms with van der Waals surface area (Å²) in [6.07, 6.45) is 0.919. The van der Waals surface area contributed by atoms with E-state index < -0.39 is 17.5 Å². The Morgan fingerprint density at radius 1 is 1.46 bits per heavy atom. The molecule has 1 aromatic rings. The number of anilines is 1. The van der Waals surface area contributed by atoms with Crippen LogP contribution in [0.15, 0.2) is 28.9 Å². The number of rotatable bonds is 5. The minimum absolute atomic E-state index is 0.0843. The maximum atomic E-state index is 13.2. The second kappa shape index (κ2) is 8.18. The molecule has 1 aliphatic heterocycles. The van der Waals surface area contributed by atoms with Crippen molar-refractivity contribution < 1.29 is 18.7 Å². The number of carbonyl (C=O) groups excluding carboxylic acids is 1. The molecule has 1 saturated heterocycles. The highest BCUT2D eigenvalue weighted by atomic mass is 35.5. The number of aliphatic hydroxyl groups is 1. The summed E-state index contributed by atoms with van der Waals surface area (Å²) < 4.78 is 26.4. The van der Waals surface area contributed by atoms with Crippen LogP contribution in [0, 0.1) is 17.0 Å². The zero-order valence-corrected chi connectivity index (χ0v) is 13.4. The first-order valence-electron chi connectivity index (χ1n) is 7.22. The minimum Gasteiger partial charge on any atom is -0.394 e. The molecule has 0 spiro atoms. The Kier molecular flexibility index (Phi) is 6.24. The average molecular weight is 359 g/mol. The van der Waals surface area contributed by atoms with Gasteiger partial charge in [-0.3, -0.25) is 4.79 Å². The number of benzene rings is 1. The molecule has 9 heteroatoms. The highest BCUT2D eigenvalue weighted by molar-refractivity contribution is 6.45. The van der Waals surface area contributed by atoms with Crippen molar-refractivity contribution in [2.75, 3.05) is 31.6 Å². The molecule has 2 rings (SSSR count). The molecule has 130 valence electrons. The number of amides is 1. The van der Waals surface area contributed by atoms with E-state index in [-0.39, 0.29) is 29.1 Å². The number of nitrogens with zero attached hydrogens (tertiary/aromatic N) is 1. The van der Waals surface area contributed by atoms with Gasteiger partial charge in [-0.25, -0.2) is 8.78 Å². The summed E-state index contributed by atoms with van der Waals surface area (Å²) in [5.41, 5.74) is 0.0468. The largest absolute Gasteiger partial charge is 0.394 e. The van der Waals surface area contributed by atoms with Crippen LogP contribution in [0.2, 0.25) is 0 Å². The van der Waals surface area contributed by atoms with E-state index in [1.165, 1.54) is 0 Å². The van der Waals surface area contributed by atoms with Gasteiger partial charge in [0.1, 0.15) is 16.7 Å².